The molecule has 2 heterocycles. The predicted octanol–water partition coefficient (Wildman–Crippen LogP) is 5.56. The van der Waals surface area contributed by atoms with E-state index in [4.69, 9.17) is 20.8 Å². The Kier molecular flexibility index (Phi) is 7.28. The van der Waals surface area contributed by atoms with E-state index in [0.717, 1.165) is 36.6 Å². The molecule has 2 aromatic carbocycles. The highest BCUT2D eigenvalue weighted by molar-refractivity contribution is 6.31. The number of rotatable bonds is 6. The average molecular weight is 528 g/mol. The number of aryl methyl sites for hydroxylation is 1. The molecule has 2 atom stereocenters. The Labute approximate surface area is 220 Å². The quantitative estimate of drug-likeness (QED) is 0.425. The number of ether oxygens (including phenoxy) is 1. The van der Waals surface area contributed by atoms with Crippen LogP contribution in [0.25, 0.3) is 11.0 Å². The maximum Gasteiger partial charge on any atom is 0.339 e. The molecule has 1 N–H and O–H groups in total. The highest BCUT2D eigenvalue weighted by Gasteiger charge is 2.43. The monoisotopic (exact) mass is 527 g/mol. The van der Waals surface area contributed by atoms with Gasteiger partial charge in [0, 0.05) is 48.0 Å². The Morgan fingerprint density at radius 2 is 2.08 bits per heavy atom. The molecule has 3 aromatic rings. The molecule has 2 fully saturated rings. The molecule has 0 radical (unpaired) electrons. The molecule has 2 aliphatic rings. The number of carbonyl (C=O) groups is 1. The van der Waals surface area contributed by atoms with Crippen LogP contribution in [0.5, 0.6) is 5.75 Å². The van der Waals surface area contributed by atoms with Crippen molar-refractivity contribution in [3.05, 3.63) is 74.3 Å². The standard InChI is InChI=1S/C29H31ClFNO5/c1-18-23-8-7-22(36-17-19-5-6-21(31)14-25(19)30)15-26(23)37-28(34)24(18)9-10-27(33)32-13-12-29(35)11-3-2-4-20(29)16-32/h5-8,14-15,20,35H,2-4,9-13,16-17H2,1H3/t20-,29-/m0/s1. The molecule has 6 nitrogen and oxygen atoms in total. The molecule has 1 amide bonds. The predicted molar refractivity (Wildman–Crippen MR) is 139 cm³/mol. The SMILES string of the molecule is Cc1c(CCC(=O)N2CC[C@@]3(O)CCCC[C@H]3C2)c(=O)oc2cc(OCc3ccc(F)cc3Cl)ccc12. The van der Waals surface area contributed by atoms with Crippen LogP contribution >= 0.6 is 11.6 Å². The number of halogens is 2. The summed E-state index contributed by atoms with van der Waals surface area (Å²) >= 11 is 6.07. The van der Waals surface area contributed by atoms with Crippen LogP contribution in [0.15, 0.2) is 45.6 Å². The lowest BCUT2D eigenvalue weighted by Gasteiger charge is -2.47. The molecule has 37 heavy (non-hydrogen) atoms. The lowest BCUT2D eigenvalue weighted by atomic mass is 9.71. The molecule has 0 unspecified atom stereocenters. The molecular formula is C29H31ClFNO5. The summed E-state index contributed by atoms with van der Waals surface area (Å²) in [7, 11) is 0. The van der Waals surface area contributed by atoms with Crippen LogP contribution in [0.2, 0.25) is 5.02 Å². The minimum Gasteiger partial charge on any atom is -0.489 e. The number of piperidine rings is 1. The Bertz CT molecular complexity index is 1390. The fourth-order valence-electron chi connectivity index (χ4n) is 5.74. The number of benzene rings is 2. The van der Waals surface area contributed by atoms with Crippen molar-refractivity contribution in [2.24, 2.45) is 5.92 Å². The van der Waals surface area contributed by atoms with Crippen molar-refractivity contribution in [2.45, 2.75) is 64.1 Å². The maximum atomic E-state index is 13.3. The number of nitrogens with zero attached hydrogens (tertiary/aromatic N) is 1. The van der Waals surface area contributed by atoms with Crippen LogP contribution in [-0.2, 0) is 17.8 Å². The lowest BCUT2D eigenvalue weighted by molar-refractivity contribution is -0.143. The van der Waals surface area contributed by atoms with E-state index in [-0.39, 0.29) is 29.9 Å². The number of hydrogen-bond donors (Lipinski definition) is 1. The lowest BCUT2D eigenvalue weighted by Crippen LogP contribution is -2.54. The van der Waals surface area contributed by atoms with Gasteiger partial charge in [0.05, 0.1) is 10.6 Å². The van der Waals surface area contributed by atoms with Crippen molar-refractivity contribution in [1.82, 2.24) is 4.90 Å². The fraction of sp³-hybridized carbons (Fsp3) is 0.448. The molecule has 1 saturated carbocycles. The van der Waals surface area contributed by atoms with E-state index in [2.05, 4.69) is 0 Å². The van der Waals surface area contributed by atoms with Crippen molar-refractivity contribution in [2.75, 3.05) is 13.1 Å². The fourth-order valence-corrected chi connectivity index (χ4v) is 5.96. The topological polar surface area (TPSA) is 80.0 Å². The zero-order valence-electron chi connectivity index (χ0n) is 20.9. The van der Waals surface area contributed by atoms with Crippen LogP contribution in [0, 0.1) is 18.7 Å². The van der Waals surface area contributed by atoms with Crippen molar-refractivity contribution >= 4 is 28.5 Å². The zero-order valence-corrected chi connectivity index (χ0v) is 21.7. The van der Waals surface area contributed by atoms with E-state index in [9.17, 15) is 19.1 Å². The van der Waals surface area contributed by atoms with Crippen LogP contribution < -0.4 is 10.4 Å². The molecule has 1 aliphatic carbocycles. The van der Waals surface area contributed by atoms with Crippen molar-refractivity contribution in [3.63, 3.8) is 0 Å². The van der Waals surface area contributed by atoms with E-state index >= 15 is 0 Å². The largest absolute Gasteiger partial charge is 0.489 e. The summed E-state index contributed by atoms with van der Waals surface area (Å²) < 4.78 is 24.6. The van der Waals surface area contributed by atoms with Gasteiger partial charge < -0.3 is 19.2 Å². The summed E-state index contributed by atoms with van der Waals surface area (Å²) in [6.45, 7) is 3.15. The summed E-state index contributed by atoms with van der Waals surface area (Å²) in [4.78, 5) is 27.6. The third kappa shape index (κ3) is 5.39. The van der Waals surface area contributed by atoms with Gasteiger partial charge in [-0.2, -0.15) is 0 Å². The van der Waals surface area contributed by atoms with E-state index in [0.29, 0.717) is 48.4 Å². The number of carbonyl (C=O) groups excluding carboxylic acids is 1. The number of aliphatic hydroxyl groups is 1. The number of likely N-dealkylation sites (tertiary alicyclic amines) is 1. The van der Waals surface area contributed by atoms with Gasteiger partial charge in [-0.25, -0.2) is 9.18 Å². The Balaban J connectivity index is 1.25. The maximum absolute atomic E-state index is 13.3. The van der Waals surface area contributed by atoms with E-state index in [1.165, 1.54) is 12.1 Å². The molecule has 5 rings (SSSR count). The van der Waals surface area contributed by atoms with Crippen LogP contribution in [0.4, 0.5) is 4.39 Å². The Morgan fingerprint density at radius 3 is 2.89 bits per heavy atom. The van der Waals surface area contributed by atoms with Gasteiger partial charge in [-0.15, -0.1) is 0 Å². The Morgan fingerprint density at radius 1 is 1.24 bits per heavy atom. The van der Waals surface area contributed by atoms with Crippen molar-refractivity contribution in [1.29, 1.82) is 0 Å². The first-order valence-electron chi connectivity index (χ1n) is 12.9. The third-order valence-corrected chi connectivity index (χ3v) is 8.39. The number of fused-ring (bicyclic) bond motifs is 2. The molecule has 1 saturated heterocycles. The summed E-state index contributed by atoms with van der Waals surface area (Å²) in [5.74, 6) is 0.226. The molecule has 196 valence electrons. The van der Waals surface area contributed by atoms with Crippen LogP contribution in [-0.4, -0.2) is 34.6 Å². The second-order valence-electron chi connectivity index (χ2n) is 10.3. The highest BCUT2D eigenvalue weighted by Crippen LogP contribution is 2.40. The zero-order chi connectivity index (χ0) is 26.2. The van der Waals surface area contributed by atoms with Gasteiger partial charge in [0.1, 0.15) is 23.8 Å². The molecular weight excluding hydrogens is 497 g/mol. The van der Waals surface area contributed by atoms with Gasteiger partial charge in [0.2, 0.25) is 5.91 Å². The highest BCUT2D eigenvalue weighted by atomic mass is 35.5. The second-order valence-corrected chi connectivity index (χ2v) is 10.7. The van der Waals surface area contributed by atoms with Crippen molar-refractivity contribution < 1.29 is 23.4 Å². The minimum absolute atomic E-state index is 0.00900. The molecule has 0 bridgehead atoms. The first-order chi connectivity index (χ1) is 17.7. The first kappa shape index (κ1) is 25.7. The van der Waals surface area contributed by atoms with Crippen LogP contribution in [0.3, 0.4) is 0 Å². The summed E-state index contributed by atoms with van der Waals surface area (Å²) in [6, 6.07) is 9.37. The van der Waals surface area contributed by atoms with E-state index in [1.54, 1.807) is 18.2 Å². The normalized spacial score (nSPS) is 21.6. The average Bonchev–Trinajstić information content (AvgIpc) is 2.87. The van der Waals surface area contributed by atoms with Gasteiger partial charge in [-0.1, -0.05) is 30.5 Å². The van der Waals surface area contributed by atoms with Gasteiger partial charge in [0.25, 0.3) is 0 Å². The summed E-state index contributed by atoms with van der Waals surface area (Å²) in [6.07, 6.45) is 5.07. The summed E-state index contributed by atoms with van der Waals surface area (Å²) in [5, 5.41) is 11.9. The van der Waals surface area contributed by atoms with Crippen LogP contribution in [0.1, 0.15) is 55.2 Å². The molecule has 8 heteroatoms. The minimum atomic E-state index is -0.626. The third-order valence-electron chi connectivity index (χ3n) is 8.04. The second kappa shape index (κ2) is 10.5. The molecule has 1 aliphatic heterocycles. The van der Waals surface area contributed by atoms with E-state index in [1.807, 2.05) is 17.9 Å². The molecule has 0 spiro atoms. The Hall–Kier alpha value is -2.90. The smallest absolute Gasteiger partial charge is 0.339 e. The van der Waals surface area contributed by atoms with Gasteiger partial charge in [-0.05, 0) is 62.4 Å². The molecule has 1 aromatic heterocycles. The van der Waals surface area contributed by atoms with Gasteiger partial charge in [-0.3, -0.25) is 4.79 Å². The summed E-state index contributed by atoms with van der Waals surface area (Å²) in [5.41, 5.74) is 1.23. The number of amides is 1. The van der Waals surface area contributed by atoms with E-state index < -0.39 is 17.0 Å². The number of hydrogen-bond acceptors (Lipinski definition) is 5. The van der Waals surface area contributed by atoms with Gasteiger partial charge in [0.15, 0.2) is 0 Å². The van der Waals surface area contributed by atoms with Gasteiger partial charge >= 0.3 is 5.63 Å². The first-order valence-corrected chi connectivity index (χ1v) is 13.2. The van der Waals surface area contributed by atoms with Crippen molar-refractivity contribution in [3.8, 4) is 5.75 Å².